The molecule has 0 atom stereocenters. The SMILES string of the molecule is O=Nc1ccc(C(=O)O)c(O)c1. The van der Waals surface area contributed by atoms with E-state index in [0.29, 0.717) is 0 Å². The van der Waals surface area contributed by atoms with Gasteiger partial charge in [0.25, 0.3) is 0 Å². The predicted octanol–water partition coefficient (Wildman–Crippen LogP) is 1.49. The first-order valence-corrected chi connectivity index (χ1v) is 3.05. The molecule has 0 aliphatic rings. The van der Waals surface area contributed by atoms with E-state index < -0.39 is 11.7 Å². The lowest BCUT2D eigenvalue weighted by Gasteiger charge is -1.97. The summed E-state index contributed by atoms with van der Waals surface area (Å²) in [4.78, 5) is 20.3. The van der Waals surface area contributed by atoms with Crippen LogP contribution in [0.5, 0.6) is 5.75 Å². The summed E-state index contributed by atoms with van der Waals surface area (Å²) in [6.07, 6.45) is 0. The van der Waals surface area contributed by atoms with Crippen molar-refractivity contribution in [3.05, 3.63) is 28.7 Å². The van der Waals surface area contributed by atoms with Crippen molar-refractivity contribution in [1.82, 2.24) is 0 Å². The lowest BCUT2D eigenvalue weighted by molar-refractivity contribution is 0.0694. The number of aromatic carboxylic acids is 1. The number of carboxylic acids is 1. The van der Waals surface area contributed by atoms with E-state index in [-0.39, 0.29) is 11.3 Å². The van der Waals surface area contributed by atoms with Crippen LogP contribution in [0.4, 0.5) is 5.69 Å². The number of nitrogens with zero attached hydrogens (tertiary/aromatic N) is 1. The quantitative estimate of drug-likeness (QED) is 0.653. The Balaban J connectivity index is 3.20. The highest BCUT2D eigenvalue weighted by Gasteiger charge is 2.09. The minimum atomic E-state index is -1.25. The molecule has 0 fully saturated rings. The molecule has 0 heterocycles. The third kappa shape index (κ3) is 1.39. The van der Waals surface area contributed by atoms with Gasteiger partial charge in [-0.25, -0.2) is 4.79 Å². The average molecular weight is 167 g/mol. The largest absolute Gasteiger partial charge is 0.507 e. The molecule has 0 unspecified atom stereocenters. The second-order valence-electron chi connectivity index (χ2n) is 2.10. The fourth-order valence-corrected chi connectivity index (χ4v) is 0.758. The van der Waals surface area contributed by atoms with E-state index >= 15 is 0 Å². The molecule has 0 aliphatic carbocycles. The molecule has 62 valence electrons. The predicted molar refractivity (Wildman–Crippen MR) is 40.5 cm³/mol. The topological polar surface area (TPSA) is 87.0 Å². The zero-order chi connectivity index (χ0) is 9.14. The number of aromatic hydroxyl groups is 1. The maximum atomic E-state index is 10.4. The molecule has 0 saturated heterocycles. The Morgan fingerprint density at radius 3 is 2.50 bits per heavy atom. The summed E-state index contributed by atoms with van der Waals surface area (Å²) < 4.78 is 0. The van der Waals surface area contributed by atoms with Crippen LogP contribution in [-0.2, 0) is 0 Å². The smallest absolute Gasteiger partial charge is 0.339 e. The monoisotopic (exact) mass is 167 g/mol. The fraction of sp³-hybridized carbons (Fsp3) is 0. The van der Waals surface area contributed by atoms with Gasteiger partial charge in [-0.15, -0.1) is 4.91 Å². The van der Waals surface area contributed by atoms with Gasteiger partial charge in [-0.05, 0) is 17.3 Å². The Hall–Kier alpha value is -1.91. The summed E-state index contributed by atoms with van der Waals surface area (Å²) in [5, 5.41) is 20.0. The summed E-state index contributed by atoms with van der Waals surface area (Å²) in [6.45, 7) is 0. The van der Waals surface area contributed by atoms with E-state index in [9.17, 15) is 9.70 Å². The van der Waals surface area contributed by atoms with Crippen LogP contribution in [0.3, 0.4) is 0 Å². The van der Waals surface area contributed by atoms with Crippen molar-refractivity contribution in [3.8, 4) is 5.75 Å². The van der Waals surface area contributed by atoms with Crippen molar-refractivity contribution >= 4 is 11.7 Å². The first-order chi connectivity index (χ1) is 5.65. The molecule has 0 bridgehead atoms. The molecule has 12 heavy (non-hydrogen) atoms. The second kappa shape index (κ2) is 3.00. The van der Waals surface area contributed by atoms with E-state index in [1.807, 2.05) is 0 Å². The molecular weight excluding hydrogens is 162 g/mol. The van der Waals surface area contributed by atoms with E-state index in [4.69, 9.17) is 10.2 Å². The van der Waals surface area contributed by atoms with E-state index in [2.05, 4.69) is 5.18 Å². The summed E-state index contributed by atoms with van der Waals surface area (Å²) >= 11 is 0. The maximum Gasteiger partial charge on any atom is 0.339 e. The molecule has 0 aromatic heterocycles. The molecular formula is C7H5NO4. The Morgan fingerprint density at radius 2 is 2.08 bits per heavy atom. The molecule has 1 aromatic carbocycles. The van der Waals surface area contributed by atoms with E-state index in [0.717, 1.165) is 12.1 Å². The highest BCUT2D eigenvalue weighted by Crippen LogP contribution is 2.23. The molecule has 0 amide bonds. The average Bonchev–Trinajstić information content (AvgIpc) is 2.03. The molecule has 0 spiro atoms. The molecule has 1 rings (SSSR count). The van der Waals surface area contributed by atoms with Crippen LogP contribution in [0.25, 0.3) is 0 Å². The third-order valence-corrected chi connectivity index (χ3v) is 1.32. The lowest BCUT2D eigenvalue weighted by atomic mass is 10.2. The van der Waals surface area contributed by atoms with Gasteiger partial charge in [0.2, 0.25) is 0 Å². The number of carbonyl (C=O) groups is 1. The Kier molecular flexibility index (Phi) is 2.05. The fourth-order valence-electron chi connectivity index (χ4n) is 0.758. The van der Waals surface area contributed by atoms with Crippen LogP contribution in [0.2, 0.25) is 0 Å². The van der Waals surface area contributed by atoms with Gasteiger partial charge in [-0.2, -0.15) is 0 Å². The Labute approximate surface area is 67.2 Å². The first-order valence-electron chi connectivity index (χ1n) is 3.05. The van der Waals surface area contributed by atoms with Crippen molar-refractivity contribution in [3.63, 3.8) is 0 Å². The van der Waals surface area contributed by atoms with Crippen LogP contribution in [0, 0.1) is 4.91 Å². The van der Waals surface area contributed by atoms with Crippen LogP contribution >= 0.6 is 0 Å². The number of phenols is 1. The summed E-state index contributed by atoms with van der Waals surface area (Å²) in [5.41, 5.74) is -0.250. The minimum Gasteiger partial charge on any atom is -0.507 e. The van der Waals surface area contributed by atoms with Gasteiger partial charge in [-0.1, -0.05) is 0 Å². The molecule has 1 aromatic rings. The summed E-state index contributed by atoms with van der Waals surface area (Å²) in [7, 11) is 0. The summed E-state index contributed by atoms with van der Waals surface area (Å²) in [6, 6.07) is 3.33. The summed E-state index contributed by atoms with van der Waals surface area (Å²) in [5.74, 6) is -1.70. The number of hydrogen-bond donors (Lipinski definition) is 2. The molecule has 0 aliphatic heterocycles. The molecule has 0 radical (unpaired) electrons. The minimum absolute atomic E-state index is 0.00231. The van der Waals surface area contributed by atoms with Gasteiger partial charge >= 0.3 is 5.97 Å². The number of nitroso groups, excluding NO2 is 1. The van der Waals surface area contributed by atoms with E-state index in [1.54, 1.807) is 0 Å². The Morgan fingerprint density at radius 1 is 1.42 bits per heavy atom. The maximum absolute atomic E-state index is 10.4. The molecule has 5 heteroatoms. The molecule has 0 saturated carbocycles. The van der Waals surface area contributed by atoms with Gasteiger partial charge < -0.3 is 10.2 Å². The van der Waals surface area contributed by atoms with Crippen LogP contribution in [0.15, 0.2) is 23.4 Å². The van der Waals surface area contributed by atoms with E-state index in [1.165, 1.54) is 6.07 Å². The third-order valence-electron chi connectivity index (χ3n) is 1.32. The van der Waals surface area contributed by atoms with Crippen molar-refractivity contribution in [2.75, 3.05) is 0 Å². The number of benzene rings is 1. The highest BCUT2D eigenvalue weighted by atomic mass is 16.4. The van der Waals surface area contributed by atoms with Gasteiger partial charge in [0, 0.05) is 6.07 Å². The van der Waals surface area contributed by atoms with Crippen LogP contribution in [-0.4, -0.2) is 16.2 Å². The van der Waals surface area contributed by atoms with Gasteiger partial charge in [0.15, 0.2) is 0 Å². The van der Waals surface area contributed by atoms with Crippen molar-refractivity contribution in [2.45, 2.75) is 0 Å². The zero-order valence-electron chi connectivity index (χ0n) is 5.89. The van der Waals surface area contributed by atoms with Crippen LogP contribution in [0.1, 0.15) is 10.4 Å². The first kappa shape index (κ1) is 8.19. The highest BCUT2D eigenvalue weighted by molar-refractivity contribution is 5.91. The lowest BCUT2D eigenvalue weighted by Crippen LogP contribution is -1.95. The number of carboxylic acid groups (broad SMARTS) is 1. The second-order valence-corrected chi connectivity index (χ2v) is 2.10. The zero-order valence-corrected chi connectivity index (χ0v) is 5.89. The van der Waals surface area contributed by atoms with Crippen LogP contribution < -0.4 is 0 Å². The Bertz CT molecular complexity index is 334. The van der Waals surface area contributed by atoms with Crippen molar-refractivity contribution in [2.24, 2.45) is 5.18 Å². The number of rotatable bonds is 2. The van der Waals surface area contributed by atoms with Crippen molar-refractivity contribution < 1.29 is 15.0 Å². The molecule has 5 nitrogen and oxygen atoms in total. The number of hydrogen-bond acceptors (Lipinski definition) is 4. The van der Waals surface area contributed by atoms with Crippen molar-refractivity contribution in [1.29, 1.82) is 0 Å². The van der Waals surface area contributed by atoms with Gasteiger partial charge in [-0.3, -0.25) is 0 Å². The normalized spacial score (nSPS) is 9.33. The van der Waals surface area contributed by atoms with Gasteiger partial charge in [0.1, 0.15) is 17.0 Å². The molecule has 2 N–H and O–H groups in total. The standard InChI is InChI=1S/C7H5NO4/c9-6-3-4(8-12)1-2-5(6)7(10)11/h1-3,9H,(H,10,11). The van der Waals surface area contributed by atoms with Gasteiger partial charge in [0.05, 0.1) is 0 Å².